The number of nitrogens with zero attached hydrogens (tertiary/aromatic N) is 3. The highest BCUT2D eigenvalue weighted by atomic mass is 16.5. The summed E-state index contributed by atoms with van der Waals surface area (Å²) in [5.41, 5.74) is 3.93. The van der Waals surface area contributed by atoms with E-state index in [-0.39, 0.29) is 5.56 Å². The second-order valence-corrected chi connectivity index (χ2v) is 6.66. The zero-order valence-corrected chi connectivity index (χ0v) is 14.8. The lowest BCUT2D eigenvalue weighted by molar-refractivity contribution is 0.0593. The van der Waals surface area contributed by atoms with Crippen molar-refractivity contribution in [2.75, 3.05) is 13.7 Å². The number of carbonyl (C=O) groups is 1. The number of fused-ring (bicyclic) bond motifs is 2. The van der Waals surface area contributed by atoms with Crippen LogP contribution in [0.15, 0.2) is 35.1 Å². The van der Waals surface area contributed by atoms with Crippen LogP contribution in [0.5, 0.6) is 0 Å². The number of nitrogens with one attached hydrogen (secondary N) is 1. The predicted molar refractivity (Wildman–Crippen MR) is 97.0 cm³/mol. The number of rotatable bonds is 3. The Balaban J connectivity index is 1.57. The van der Waals surface area contributed by atoms with Crippen LogP contribution in [-0.4, -0.2) is 39.3 Å². The molecule has 0 atom stereocenters. The largest absolute Gasteiger partial charge is 0.464 e. The molecule has 0 unspecified atom stereocenters. The van der Waals surface area contributed by atoms with Gasteiger partial charge in [-0.25, -0.2) is 4.79 Å². The Kier molecular flexibility index (Phi) is 4.08. The molecule has 0 aliphatic carbocycles. The molecule has 1 N–H and O–H groups in total. The van der Waals surface area contributed by atoms with Crippen molar-refractivity contribution in [1.29, 1.82) is 0 Å². The number of H-pyrrole nitrogens is 1. The minimum Gasteiger partial charge on any atom is -0.464 e. The third-order valence-electron chi connectivity index (χ3n) is 4.74. The van der Waals surface area contributed by atoms with Crippen LogP contribution < -0.4 is 5.56 Å². The number of esters is 1. The Morgan fingerprint density at radius 2 is 2.12 bits per heavy atom. The smallest absolute Gasteiger partial charge is 0.358 e. The number of hydrogen-bond acceptors (Lipinski definition) is 5. The van der Waals surface area contributed by atoms with Gasteiger partial charge in [0.1, 0.15) is 0 Å². The van der Waals surface area contributed by atoms with Crippen LogP contribution >= 0.6 is 0 Å². The lowest BCUT2D eigenvalue weighted by Gasteiger charge is -2.27. The van der Waals surface area contributed by atoms with Gasteiger partial charge in [-0.2, -0.15) is 5.10 Å². The summed E-state index contributed by atoms with van der Waals surface area (Å²) >= 11 is 0. The van der Waals surface area contributed by atoms with Gasteiger partial charge in [0.25, 0.3) is 5.56 Å². The molecule has 26 heavy (non-hydrogen) atoms. The van der Waals surface area contributed by atoms with Gasteiger partial charge in [-0.15, -0.1) is 0 Å². The summed E-state index contributed by atoms with van der Waals surface area (Å²) in [4.78, 5) is 29.2. The Hall–Kier alpha value is -2.93. The van der Waals surface area contributed by atoms with E-state index < -0.39 is 5.97 Å². The van der Waals surface area contributed by atoms with Crippen LogP contribution in [0.25, 0.3) is 10.9 Å². The first-order valence-electron chi connectivity index (χ1n) is 8.53. The summed E-state index contributed by atoms with van der Waals surface area (Å²) < 4.78 is 6.56. The average molecular weight is 352 g/mol. The molecule has 0 spiro atoms. The molecule has 0 fully saturated rings. The molecule has 7 nitrogen and oxygen atoms in total. The van der Waals surface area contributed by atoms with Gasteiger partial charge >= 0.3 is 5.97 Å². The Morgan fingerprint density at radius 3 is 2.92 bits per heavy atom. The van der Waals surface area contributed by atoms with Crippen molar-refractivity contribution in [1.82, 2.24) is 19.7 Å². The molecule has 0 saturated carbocycles. The highest BCUT2D eigenvalue weighted by Crippen LogP contribution is 2.18. The first kappa shape index (κ1) is 16.5. The number of aryl methyl sites for hydroxylation is 1. The van der Waals surface area contributed by atoms with Crippen LogP contribution in [0.2, 0.25) is 0 Å². The summed E-state index contributed by atoms with van der Waals surface area (Å²) in [6.45, 7) is 4.63. The fourth-order valence-electron chi connectivity index (χ4n) is 3.38. The number of carbonyl (C=O) groups excluding carboxylic acids is 1. The lowest BCUT2D eigenvalue weighted by Crippen LogP contribution is -2.35. The summed E-state index contributed by atoms with van der Waals surface area (Å²) in [6, 6.07) is 9.76. The SMILES string of the molecule is COC(=O)c1cc2n(n1)CCN(Cc1cc3ccc(C)cc3[nH]c1=O)C2. The molecule has 0 amide bonds. The first-order valence-corrected chi connectivity index (χ1v) is 8.53. The number of aromatic amines is 1. The molecule has 0 radical (unpaired) electrons. The number of aromatic nitrogens is 3. The van der Waals surface area contributed by atoms with E-state index >= 15 is 0 Å². The third-order valence-corrected chi connectivity index (χ3v) is 4.74. The molecule has 3 aromatic rings. The maximum atomic E-state index is 12.4. The van der Waals surface area contributed by atoms with Gasteiger partial charge in [-0.1, -0.05) is 12.1 Å². The maximum absolute atomic E-state index is 12.4. The van der Waals surface area contributed by atoms with Crippen LogP contribution in [0.1, 0.15) is 27.3 Å². The normalized spacial score (nSPS) is 14.4. The second kappa shape index (κ2) is 6.42. The lowest BCUT2D eigenvalue weighted by atomic mass is 10.1. The highest BCUT2D eigenvalue weighted by molar-refractivity contribution is 5.87. The second-order valence-electron chi connectivity index (χ2n) is 6.66. The van der Waals surface area contributed by atoms with Gasteiger partial charge < -0.3 is 9.72 Å². The van der Waals surface area contributed by atoms with Gasteiger partial charge in [0.05, 0.1) is 19.3 Å². The van der Waals surface area contributed by atoms with Crippen molar-refractivity contribution in [3.8, 4) is 0 Å². The molecule has 1 aromatic carbocycles. The average Bonchev–Trinajstić information content (AvgIpc) is 3.05. The van der Waals surface area contributed by atoms with E-state index in [0.717, 1.165) is 34.3 Å². The van der Waals surface area contributed by atoms with Crippen molar-refractivity contribution in [3.05, 3.63) is 63.2 Å². The van der Waals surface area contributed by atoms with Crippen LogP contribution in [0.3, 0.4) is 0 Å². The standard InChI is InChI=1S/C19H20N4O3/c1-12-3-4-13-8-14(18(24)20-16(13)7-12)10-22-5-6-23-15(11-22)9-17(21-23)19(25)26-2/h3-4,7-9H,5-6,10-11H2,1-2H3,(H,20,24). The van der Waals surface area contributed by atoms with Gasteiger partial charge in [-0.05, 0) is 36.1 Å². The van der Waals surface area contributed by atoms with E-state index in [0.29, 0.717) is 25.3 Å². The predicted octanol–water partition coefficient (Wildman–Crippen LogP) is 1.84. The van der Waals surface area contributed by atoms with Crippen LogP contribution in [0.4, 0.5) is 0 Å². The maximum Gasteiger partial charge on any atom is 0.358 e. The Labute approximate surface area is 150 Å². The van der Waals surface area contributed by atoms with Gasteiger partial charge in [0.2, 0.25) is 0 Å². The summed E-state index contributed by atoms with van der Waals surface area (Å²) in [7, 11) is 1.35. The van der Waals surface area contributed by atoms with Gasteiger partial charge in [0.15, 0.2) is 5.69 Å². The molecule has 0 saturated heterocycles. The quantitative estimate of drug-likeness (QED) is 0.728. The van der Waals surface area contributed by atoms with Gasteiger partial charge in [-0.3, -0.25) is 14.4 Å². The number of benzene rings is 1. The van der Waals surface area contributed by atoms with E-state index in [1.807, 2.05) is 35.9 Å². The van der Waals surface area contributed by atoms with E-state index in [2.05, 4.69) is 15.0 Å². The van der Waals surface area contributed by atoms with Gasteiger partial charge in [0, 0.05) is 30.7 Å². The molecular formula is C19H20N4O3. The van der Waals surface area contributed by atoms with E-state index in [9.17, 15) is 9.59 Å². The van der Waals surface area contributed by atoms with Crippen molar-refractivity contribution >= 4 is 16.9 Å². The fraction of sp³-hybridized carbons (Fsp3) is 0.316. The highest BCUT2D eigenvalue weighted by Gasteiger charge is 2.22. The van der Waals surface area contributed by atoms with E-state index in [1.54, 1.807) is 6.07 Å². The molecular weight excluding hydrogens is 332 g/mol. The minimum absolute atomic E-state index is 0.0579. The number of hydrogen-bond donors (Lipinski definition) is 1. The van der Waals surface area contributed by atoms with E-state index in [1.165, 1.54) is 7.11 Å². The van der Waals surface area contributed by atoms with Crippen molar-refractivity contribution in [2.24, 2.45) is 0 Å². The van der Waals surface area contributed by atoms with Crippen LogP contribution in [-0.2, 0) is 24.4 Å². The zero-order valence-electron chi connectivity index (χ0n) is 14.8. The van der Waals surface area contributed by atoms with Crippen molar-refractivity contribution in [3.63, 3.8) is 0 Å². The third kappa shape index (κ3) is 3.01. The molecule has 2 aromatic heterocycles. The number of pyridine rings is 1. The molecule has 4 rings (SSSR count). The molecule has 1 aliphatic rings. The monoisotopic (exact) mass is 352 g/mol. The fourth-order valence-corrected chi connectivity index (χ4v) is 3.38. The summed E-state index contributed by atoms with van der Waals surface area (Å²) in [5, 5.41) is 5.31. The summed E-state index contributed by atoms with van der Waals surface area (Å²) in [6.07, 6.45) is 0. The van der Waals surface area contributed by atoms with Crippen LogP contribution in [0, 0.1) is 6.92 Å². The Morgan fingerprint density at radius 1 is 1.27 bits per heavy atom. The Bertz CT molecular complexity index is 1050. The molecule has 3 heterocycles. The number of ether oxygens (including phenoxy) is 1. The molecule has 134 valence electrons. The summed E-state index contributed by atoms with van der Waals surface area (Å²) in [5.74, 6) is -0.431. The first-order chi connectivity index (χ1) is 12.5. The van der Waals surface area contributed by atoms with E-state index in [4.69, 9.17) is 4.74 Å². The van der Waals surface area contributed by atoms with Crippen molar-refractivity contribution < 1.29 is 9.53 Å². The van der Waals surface area contributed by atoms with Crippen molar-refractivity contribution in [2.45, 2.75) is 26.6 Å². The molecule has 7 heteroatoms. The topological polar surface area (TPSA) is 80.2 Å². The molecule has 0 bridgehead atoms. The number of methoxy groups -OCH3 is 1. The minimum atomic E-state index is -0.431. The zero-order chi connectivity index (χ0) is 18.3. The molecule has 1 aliphatic heterocycles.